The predicted molar refractivity (Wildman–Crippen MR) is 111 cm³/mol. The van der Waals surface area contributed by atoms with Crippen molar-refractivity contribution in [2.45, 2.75) is 6.54 Å². The van der Waals surface area contributed by atoms with Crippen LogP contribution in [0.3, 0.4) is 0 Å². The number of hydrogen-bond donors (Lipinski definition) is 1. The molecule has 1 aromatic carbocycles. The van der Waals surface area contributed by atoms with E-state index in [1.54, 1.807) is 24.4 Å². The Kier molecular flexibility index (Phi) is 5.15. The zero-order valence-electron chi connectivity index (χ0n) is 16.1. The number of pyridine rings is 1. The number of carbonyl (C=O) groups excluding carboxylic acids is 1. The molecule has 1 saturated heterocycles. The van der Waals surface area contributed by atoms with Gasteiger partial charge in [-0.05, 0) is 24.3 Å². The molecule has 0 unspecified atom stereocenters. The van der Waals surface area contributed by atoms with Gasteiger partial charge in [0.05, 0.1) is 10.6 Å². The predicted octanol–water partition coefficient (Wildman–Crippen LogP) is 1.02. The summed E-state index contributed by atoms with van der Waals surface area (Å²) in [4.78, 5) is 43.2. The lowest BCUT2D eigenvalue weighted by Crippen LogP contribution is -2.46. The molecule has 1 amide bonds. The van der Waals surface area contributed by atoms with Gasteiger partial charge in [-0.25, -0.2) is 4.98 Å². The monoisotopic (exact) mass is 408 g/mol. The van der Waals surface area contributed by atoms with Crippen LogP contribution in [0.1, 0.15) is 16.1 Å². The number of nitro groups is 1. The molecule has 1 aliphatic heterocycles. The van der Waals surface area contributed by atoms with Crippen molar-refractivity contribution in [1.29, 1.82) is 0 Å². The van der Waals surface area contributed by atoms with Gasteiger partial charge < -0.3 is 10.6 Å². The Morgan fingerprint density at radius 1 is 1.13 bits per heavy atom. The lowest BCUT2D eigenvalue weighted by atomic mass is 10.1. The standard InChI is InChI=1S/C20H20N6O4/c21-20(28)14-4-5-16(17(11-14)26(29)30)24-9-7-23(8-10-24)13-15-12-19(27)25-6-2-1-3-18(25)22-15/h1-6,11-12H,7-10,13H2,(H2,21,28). The molecule has 30 heavy (non-hydrogen) atoms. The maximum absolute atomic E-state index is 12.3. The van der Waals surface area contributed by atoms with Crippen LogP contribution in [-0.2, 0) is 6.54 Å². The summed E-state index contributed by atoms with van der Waals surface area (Å²) in [5.74, 6) is -0.701. The molecule has 2 aromatic heterocycles. The summed E-state index contributed by atoms with van der Waals surface area (Å²) in [7, 11) is 0. The molecule has 3 heterocycles. The molecule has 4 rings (SSSR count). The summed E-state index contributed by atoms with van der Waals surface area (Å²) in [6.07, 6.45) is 1.68. The third kappa shape index (κ3) is 3.85. The second-order valence-corrected chi connectivity index (χ2v) is 7.10. The number of benzene rings is 1. The first-order chi connectivity index (χ1) is 14.4. The number of hydrogen-bond acceptors (Lipinski definition) is 7. The van der Waals surface area contributed by atoms with Crippen LogP contribution in [0.15, 0.2) is 53.5 Å². The van der Waals surface area contributed by atoms with Gasteiger partial charge in [0.25, 0.3) is 11.2 Å². The summed E-state index contributed by atoms with van der Waals surface area (Å²) < 4.78 is 1.50. The Balaban J connectivity index is 1.48. The third-order valence-electron chi connectivity index (χ3n) is 5.18. The van der Waals surface area contributed by atoms with Crippen molar-refractivity contribution in [2.24, 2.45) is 5.73 Å². The molecule has 0 spiro atoms. The molecule has 3 aromatic rings. The quantitative estimate of drug-likeness (QED) is 0.493. The number of fused-ring (bicyclic) bond motifs is 1. The van der Waals surface area contributed by atoms with E-state index < -0.39 is 10.8 Å². The minimum Gasteiger partial charge on any atom is -0.366 e. The van der Waals surface area contributed by atoms with Crippen LogP contribution in [0.4, 0.5) is 11.4 Å². The molecule has 154 valence electrons. The Morgan fingerprint density at radius 2 is 1.90 bits per heavy atom. The second-order valence-electron chi connectivity index (χ2n) is 7.10. The molecule has 10 heteroatoms. The van der Waals surface area contributed by atoms with Gasteiger partial charge in [-0.1, -0.05) is 6.07 Å². The Morgan fingerprint density at radius 3 is 2.60 bits per heavy atom. The highest BCUT2D eigenvalue weighted by atomic mass is 16.6. The second kappa shape index (κ2) is 7.91. The van der Waals surface area contributed by atoms with Crippen molar-refractivity contribution in [2.75, 3.05) is 31.1 Å². The Hall–Kier alpha value is -3.79. The maximum Gasteiger partial charge on any atom is 0.293 e. The van der Waals surface area contributed by atoms with Crippen molar-refractivity contribution in [3.05, 3.63) is 80.4 Å². The number of nitrogens with two attached hydrogens (primary N) is 1. The summed E-state index contributed by atoms with van der Waals surface area (Å²) >= 11 is 0. The van der Waals surface area contributed by atoms with E-state index in [0.717, 1.165) is 0 Å². The third-order valence-corrected chi connectivity index (χ3v) is 5.18. The van der Waals surface area contributed by atoms with E-state index in [0.29, 0.717) is 49.8 Å². The summed E-state index contributed by atoms with van der Waals surface area (Å²) in [6.45, 7) is 2.99. The minimum atomic E-state index is -0.701. The van der Waals surface area contributed by atoms with Crippen molar-refractivity contribution < 1.29 is 9.72 Å². The van der Waals surface area contributed by atoms with Gasteiger partial charge >= 0.3 is 0 Å². The molecule has 1 fully saturated rings. The lowest BCUT2D eigenvalue weighted by Gasteiger charge is -2.35. The highest BCUT2D eigenvalue weighted by molar-refractivity contribution is 5.94. The van der Waals surface area contributed by atoms with Crippen molar-refractivity contribution in [3.63, 3.8) is 0 Å². The van der Waals surface area contributed by atoms with E-state index in [1.165, 1.54) is 22.6 Å². The number of anilines is 1. The average molecular weight is 408 g/mol. The SMILES string of the molecule is NC(=O)c1ccc(N2CCN(Cc3cc(=O)n4ccccc4n3)CC2)c([N+](=O)[O-])c1. The molecular formula is C20H20N6O4. The van der Waals surface area contributed by atoms with Gasteiger partial charge in [0.1, 0.15) is 11.3 Å². The largest absolute Gasteiger partial charge is 0.366 e. The van der Waals surface area contributed by atoms with Crippen molar-refractivity contribution in [1.82, 2.24) is 14.3 Å². The minimum absolute atomic E-state index is 0.109. The number of amides is 1. The number of nitrogens with zero attached hydrogens (tertiary/aromatic N) is 5. The lowest BCUT2D eigenvalue weighted by molar-refractivity contribution is -0.384. The van der Waals surface area contributed by atoms with Gasteiger partial charge in [-0.2, -0.15) is 0 Å². The highest BCUT2D eigenvalue weighted by Gasteiger charge is 2.25. The van der Waals surface area contributed by atoms with Crippen LogP contribution in [0.5, 0.6) is 0 Å². The zero-order valence-corrected chi connectivity index (χ0v) is 16.1. The zero-order chi connectivity index (χ0) is 21.3. The molecule has 0 radical (unpaired) electrons. The smallest absolute Gasteiger partial charge is 0.293 e. The molecule has 2 N–H and O–H groups in total. The molecule has 1 aliphatic rings. The molecular weight excluding hydrogens is 388 g/mol. The van der Waals surface area contributed by atoms with Crippen LogP contribution in [-0.4, -0.2) is 51.3 Å². The molecule has 0 aliphatic carbocycles. The maximum atomic E-state index is 12.3. The van der Waals surface area contributed by atoms with Crippen LogP contribution < -0.4 is 16.2 Å². The number of aromatic nitrogens is 2. The van der Waals surface area contributed by atoms with E-state index in [2.05, 4.69) is 9.88 Å². The first kappa shape index (κ1) is 19.5. The van der Waals surface area contributed by atoms with Crippen LogP contribution >= 0.6 is 0 Å². The Labute approximate surface area is 171 Å². The van der Waals surface area contributed by atoms with E-state index in [1.807, 2.05) is 11.0 Å². The Bertz CT molecular complexity index is 1180. The van der Waals surface area contributed by atoms with E-state index in [-0.39, 0.29) is 16.8 Å². The number of piperazine rings is 1. The summed E-state index contributed by atoms with van der Waals surface area (Å²) in [6, 6.07) is 11.2. The molecule has 0 saturated carbocycles. The number of primary amides is 1. The van der Waals surface area contributed by atoms with Crippen LogP contribution in [0.25, 0.3) is 5.65 Å². The first-order valence-corrected chi connectivity index (χ1v) is 9.45. The van der Waals surface area contributed by atoms with Crippen molar-refractivity contribution in [3.8, 4) is 0 Å². The number of rotatable bonds is 5. The van der Waals surface area contributed by atoms with Crippen LogP contribution in [0.2, 0.25) is 0 Å². The topological polar surface area (TPSA) is 127 Å². The fraction of sp³-hybridized carbons (Fsp3) is 0.250. The first-order valence-electron chi connectivity index (χ1n) is 9.45. The number of nitro benzene ring substituents is 1. The van der Waals surface area contributed by atoms with Gasteiger partial charge in [0.15, 0.2) is 0 Å². The molecule has 10 nitrogen and oxygen atoms in total. The fourth-order valence-electron chi connectivity index (χ4n) is 3.65. The molecule has 0 bridgehead atoms. The van der Waals surface area contributed by atoms with Gasteiger partial charge in [0.2, 0.25) is 5.91 Å². The van der Waals surface area contributed by atoms with Crippen LogP contribution in [0, 0.1) is 10.1 Å². The van der Waals surface area contributed by atoms with Gasteiger partial charge in [-0.15, -0.1) is 0 Å². The highest BCUT2D eigenvalue weighted by Crippen LogP contribution is 2.30. The van der Waals surface area contributed by atoms with Crippen molar-refractivity contribution >= 4 is 22.9 Å². The average Bonchev–Trinajstić information content (AvgIpc) is 2.74. The van der Waals surface area contributed by atoms with Gasteiger partial charge in [-0.3, -0.25) is 29.0 Å². The summed E-state index contributed by atoms with van der Waals surface area (Å²) in [5.41, 5.74) is 6.84. The van der Waals surface area contributed by atoms with E-state index in [9.17, 15) is 19.7 Å². The molecule has 0 atom stereocenters. The fourth-order valence-corrected chi connectivity index (χ4v) is 3.65. The van der Waals surface area contributed by atoms with E-state index >= 15 is 0 Å². The summed E-state index contributed by atoms with van der Waals surface area (Å²) in [5, 5.41) is 11.5. The number of carbonyl (C=O) groups is 1. The van der Waals surface area contributed by atoms with E-state index in [4.69, 9.17) is 5.73 Å². The normalized spacial score (nSPS) is 14.7. The van der Waals surface area contributed by atoms with Gasteiger partial charge in [0, 0.05) is 56.6 Å².